The Morgan fingerprint density at radius 3 is 2.19 bits per heavy atom. The van der Waals surface area contributed by atoms with Crippen LogP contribution in [0.4, 0.5) is 0 Å². The predicted octanol–water partition coefficient (Wildman–Crippen LogP) is 1.74. The molecule has 1 heterocycles. The van der Waals surface area contributed by atoms with Gasteiger partial charge in [-0.3, -0.25) is 4.79 Å². The summed E-state index contributed by atoms with van der Waals surface area (Å²) in [6.45, 7) is -0.551. The number of fused-ring (bicyclic) bond motifs is 1. The number of phenolic OH excluding ortho intramolecular Hbond substituents is 4. The first-order valence-electron chi connectivity index (χ1n) is 13.1. The van der Waals surface area contributed by atoms with E-state index < -0.39 is 54.8 Å². The number of aromatic hydroxyl groups is 4. The molecule has 0 radical (unpaired) electrons. The van der Waals surface area contributed by atoms with Gasteiger partial charge >= 0.3 is 5.97 Å². The van der Waals surface area contributed by atoms with Gasteiger partial charge in [-0.25, -0.2) is 4.79 Å². The summed E-state index contributed by atoms with van der Waals surface area (Å²) >= 11 is 0. The molecule has 43 heavy (non-hydrogen) atoms. The summed E-state index contributed by atoms with van der Waals surface area (Å²) in [5.41, 5.74) is 1.46. The van der Waals surface area contributed by atoms with Crippen LogP contribution in [0.15, 0.2) is 72.5 Å². The second kappa shape index (κ2) is 12.2. The number of aliphatic hydroxyl groups is 3. The molecule has 0 spiro atoms. The van der Waals surface area contributed by atoms with Crippen molar-refractivity contribution < 1.29 is 59.5 Å². The largest absolute Gasteiger partial charge is 0.508 e. The molecule has 12 heteroatoms. The van der Waals surface area contributed by atoms with Crippen molar-refractivity contribution >= 4 is 23.4 Å². The van der Waals surface area contributed by atoms with Crippen molar-refractivity contribution in [1.29, 1.82) is 0 Å². The summed E-state index contributed by atoms with van der Waals surface area (Å²) in [5, 5.41) is 71.2. The molecule has 7 N–H and O–H groups in total. The highest BCUT2D eigenvalue weighted by Crippen LogP contribution is 2.40. The highest BCUT2D eigenvalue weighted by molar-refractivity contribution is 6.16. The van der Waals surface area contributed by atoms with Gasteiger partial charge < -0.3 is 50.0 Å². The number of Topliss-reactive ketones (excluding diaryl/α,β-unsaturated/α-hetero) is 1. The van der Waals surface area contributed by atoms with Crippen molar-refractivity contribution in [3.8, 4) is 23.0 Å². The molecule has 1 aliphatic carbocycles. The quantitative estimate of drug-likeness (QED) is 0.155. The molecule has 12 nitrogen and oxygen atoms in total. The average Bonchev–Trinajstić information content (AvgIpc) is 2.97. The fraction of sp³-hybridized carbons (Fsp3) is 0.226. The highest BCUT2D eigenvalue weighted by Gasteiger charge is 2.47. The number of carbonyl (C=O) groups excluding carboxylic acids is 2. The lowest BCUT2D eigenvalue weighted by Crippen LogP contribution is -2.59. The van der Waals surface area contributed by atoms with E-state index in [9.17, 15) is 45.3 Å². The number of rotatable bonds is 7. The fourth-order valence-electron chi connectivity index (χ4n) is 4.84. The van der Waals surface area contributed by atoms with Crippen LogP contribution in [0.1, 0.15) is 27.0 Å². The van der Waals surface area contributed by atoms with Gasteiger partial charge in [0.25, 0.3) is 0 Å². The Labute approximate surface area is 244 Å². The number of ketones is 1. The number of hydrogen-bond acceptors (Lipinski definition) is 12. The standard InChI is InChI=1S/C31H28O12/c32-18-6-1-15(2-7-18)3-10-24(36)41-14-23-26(37)28(39)29(40)31(42-23)43-30-21(16-4-8-19(33)9-5-16)12-17-11-20(34)13-22(35)25(17)27(30)38/h1-11,13,23,26,28-29,31-35,37,39-40H,12,14H2/b10-3-. The van der Waals surface area contributed by atoms with Crippen LogP contribution in [-0.2, 0) is 25.4 Å². The van der Waals surface area contributed by atoms with Crippen molar-refractivity contribution in [3.05, 3.63) is 94.8 Å². The van der Waals surface area contributed by atoms with E-state index >= 15 is 0 Å². The molecule has 0 amide bonds. The monoisotopic (exact) mass is 592 g/mol. The Bertz CT molecular complexity index is 1580. The molecule has 5 atom stereocenters. The molecule has 0 aromatic heterocycles. The third-order valence-electron chi connectivity index (χ3n) is 7.07. The van der Waals surface area contributed by atoms with Gasteiger partial charge in [0.1, 0.15) is 54.0 Å². The molecule has 5 unspecified atom stereocenters. The smallest absolute Gasteiger partial charge is 0.330 e. The zero-order chi connectivity index (χ0) is 30.8. The molecule has 1 fully saturated rings. The summed E-state index contributed by atoms with van der Waals surface area (Å²) in [6.07, 6.45) is -5.90. The lowest BCUT2D eigenvalue weighted by Gasteiger charge is -2.40. The first kappa shape index (κ1) is 29.6. The SMILES string of the molecule is O=C(/C=C\c1ccc(O)cc1)OCC1OC(OC2=C(c3ccc(O)cc3)Cc3cc(O)cc(O)c3C2=O)C(O)C(O)C1O. The van der Waals surface area contributed by atoms with E-state index in [2.05, 4.69) is 0 Å². The second-order valence-corrected chi connectivity index (χ2v) is 10.0. The van der Waals surface area contributed by atoms with Crippen LogP contribution in [0.25, 0.3) is 11.6 Å². The molecule has 3 aromatic rings. The maximum absolute atomic E-state index is 13.6. The number of phenols is 4. The zero-order valence-electron chi connectivity index (χ0n) is 22.4. The van der Waals surface area contributed by atoms with Crippen LogP contribution < -0.4 is 0 Å². The molecule has 2 aliphatic rings. The minimum atomic E-state index is -1.84. The molecular weight excluding hydrogens is 564 g/mol. The van der Waals surface area contributed by atoms with E-state index in [0.29, 0.717) is 16.7 Å². The van der Waals surface area contributed by atoms with Gasteiger partial charge in [-0.15, -0.1) is 0 Å². The summed E-state index contributed by atoms with van der Waals surface area (Å²) in [5.74, 6) is -2.71. The van der Waals surface area contributed by atoms with E-state index in [1.807, 2.05) is 0 Å². The van der Waals surface area contributed by atoms with E-state index in [-0.39, 0.29) is 40.6 Å². The minimum absolute atomic E-state index is 0.00839. The predicted molar refractivity (Wildman–Crippen MR) is 149 cm³/mol. The van der Waals surface area contributed by atoms with E-state index in [4.69, 9.17) is 14.2 Å². The van der Waals surface area contributed by atoms with E-state index in [1.54, 1.807) is 12.1 Å². The molecule has 1 aliphatic heterocycles. The molecule has 3 aromatic carbocycles. The Hall–Kier alpha value is -4.88. The molecule has 0 bridgehead atoms. The van der Waals surface area contributed by atoms with Gasteiger partial charge in [-0.1, -0.05) is 24.3 Å². The topological polar surface area (TPSA) is 203 Å². The van der Waals surface area contributed by atoms with Gasteiger partial charge in [-0.05, 0) is 53.1 Å². The van der Waals surface area contributed by atoms with Gasteiger partial charge in [0.15, 0.2) is 5.76 Å². The normalized spacial score (nSPS) is 23.7. The third kappa shape index (κ3) is 6.32. The summed E-state index contributed by atoms with van der Waals surface area (Å²) in [4.78, 5) is 25.9. The molecule has 1 saturated heterocycles. The van der Waals surface area contributed by atoms with Crippen molar-refractivity contribution in [2.45, 2.75) is 37.1 Å². The first-order chi connectivity index (χ1) is 20.5. The molecular formula is C31H28O12. The highest BCUT2D eigenvalue weighted by atomic mass is 16.7. The molecule has 0 saturated carbocycles. The number of ether oxygens (including phenoxy) is 3. The van der Waals surface area contributed by atoms with E-state index in [0.717, 1.165) is 12.1 Å². The van der Waals surface area contributed by atoms with Crippen molar-refractivity contribution in [3.63, 3.8) is 0 Å². The van der Waals surface area contributed by atoms with Gasteiger partial charge in [0.05, 0.1) is 5.56 Å². The van der Waals surface area contributed by atoms with Crippen LogP contribution in [0.3, 0.4) is 0 Å². The van der Waals surface area contributed by atoms with Crippen LogP contribution in [-0.4, -0.2) is 84.8 Å². The van der Waals surface area contributed by atoms with Crippen molar-refractivity contribution in [2.75, 3.05) is 6.61 Å². The Kier molecular flexibility index (Phi) is 8.37. The molecule has 224 valence electrons. The number of benzene rings is 3. The maximum atomic E-state index is 13.6. The third-order valence-corrected chi connectivity index (χ3v) is 7.07. The van der Waals surface area contributed by atoms with Crippen molar-refractivity contribution in [1.82, 2.24) is 0 Å². The van der Waals surface area contributed by atoms with Crippen molar-refractivity contribution in [2.24, 2.45) is 0 Å². The van der Waals surface area contributed by atoms with Gasteiger partial charge in [-0.2, -0.15) is 0 Å². The Balaban J connectivity index is 1.38. The molecule has 5 rings (SSSR count). The van der Waals surface area contributed by atoms with Crippen LogP contribution in [0.5, 0.6) is 23.0 Å². The lowest BCUT2D eigenvalue weighted by atomic mass is 9.85. The van der Waals surface area contributed by atoms with Crippen LogP contribution in [0.2, 0.25) is 0 Å². The first-order valence-corrected chi connectivity index (χ1v) is 13.1. The van der Waals surface area contributed by atoms with E-state index in [1.165, 1.54) is 48.5 Å². The van der Waals surface area contributed by atoms with Crippen LogP contribution >= 0.6 is 0 Å². The van der Waals surface area contributed by atoms with Crippen LogP contribution in [0, 0.1) is 0 Å². The van der Waals surface area contributed by atoms with Gasteiger partial charge in [0.2, 0.25) is 12.1 Å². The van der Waals surface area contributed by atoms with Gasteiger partial charge in [0, 0.05) is 24.1 Å². The Morgan fingerprint density at radius 2 is 1.51 bits per heavy atom. The summed E-state index contributed by atoms with van der Waals surface area (Å²) in [6, 6.07) is 14.1. The number of aliphatic hydroxyl groups excluding tert-OH is 3. The second-order valence-electron chi connectivity index (χ2n) is 10.0. The number of esters is 1. The number of carbonyl (C=O) groups is 2. The summed E-state index contributed by atoms with van der Waals surface area (Å²) < 4.78 is 16.6. The average molecular weight is 593 g/mol. The zero-order valence-corrected chi connectivity index (χ0v) is 22.4. The Morgan fingerprint density at radius 1 is 0.860 bits per heavy atom. The number of allylic oxidation sites excluding steroid dienone is 2. The maximum Gasteiger partial charge on any atom is 0.330 e. The summed E-state index contributed by atoms with van der Waals surface area (Å²) in [7, 11) is 0. The lowest BCUT2D eigenvalue weighted by molar-refractivity contribution is -0.290. The number of hydrogen-bond donors (Lipinski definition) is 7. The minimum Gasteiger partial charge on any atom is -0.508 e. The fourth-order valence-corrected chi connectivity index (χ4v) is 4.84.